The third-order valence-electron chi connectivity index (χ3n) is 4.46. The zero-order valence-corrected chi connectivity index (χ0v) is 17.1. The lowest BCUT2D eigenvalue weighted by Crippen LogP contribution is -2.12. The molecule has 2 aromatic carbocycles. The minimum Gasteiger partial charge on any atom is -0.487 e. The quantitative estimate of drug-likeness (QED) is 0.450. The number of thioether (sulfide) groups is 1. The first kappa shape index (κ1) is 19.1. The molecule has 0 fully saturated rings. The number of imidazole rings is 1. The van der Waals surface area contributed by atoms with E-state index in [1.807, 2.05) is 78.5 Å². The lowest BCUT2D eigenvalue weighted by Gasteiger charge is -2.09. The maximum atomic E-state index is 12.6. The largest absolute Gasteiger partial charge is 0.487 e. The number of aromatic nitrogens is 2. The molecule has 4 aromatic rings. The van der Waals surface area contributed by atoms with Crippen LogP contribution in [0.1, 0.15) is 21.6 Å². The predicted octanol–water partition coefficient (Wildman–Crippen LogP) is 5.20. The molecule has 2 aromatic heterocycles. The van der Waals surface area contributed by atoms with Crippen LogP contribution >= 0.6 is 11.8 Å². The van der Waals surface area contributed by atoms with Gasteiger partial charge in [0.15, 0.2) is 0 Å². The Hall–Kier alpha value is -3.25. The van der Waals surface area contributed by atoms with Crippen LogP contribution in [0.3, 0.4) is 0 Å². The summed E-state index contributed by atoms with van der Waals surface area (Å²) >= 11 is 1.64. The third-order valence-corrected chi connectivity index (χ3v) is 5.18. The van der Waals surface area contributed by atoms with E-state index in [0.29, 0.717) is 17.9 Å². The van der Waals surface area contributed by atoms with Crippen molar-refractivity contribution in [1.29, 1.82) is 0 Å². The average Bonchev–Trinajstić information content (AvgIpc) is 3.14. The molecule has 0 bridgehead atoms. The number of carbonyl (C=O) groups excluding carboxylic acids is 1. The number of anilines is 1. The molecule has 0 aliphatic rings. The van der Waals surface area contributed by atoms with Gasteiger partial charge >= 0.3 is 0 Å². The Morgan fingerprint density at radius 1 is 1.10 bits per heavy atom. The molecule has 29 heavy (non-hydrogen) atoms. The van der Waals surface area contributed by atoms with Gasteiger partial charge in [-0.2, -0.15) is 0 Å². The highest BCUT2D eigenvalue weighted by Gasteiger charge is 2.09. The molecule has 0 saturated carbocycles. The molecule has 1 amide bonds. The Morgan fingerprint density at radius 3 is 2.83 bits per heavy atom. The summed E-state index contributed by atoms with van der Waals surface area (Å²) in [7, 11) is 0. The number of nitrogens with zero attached hydrogens (tertiary/aromatic N) is 2. The fraction of sp³-hybridized carbons (Fsp3) is 0.130. The first-order valence-corrected chi connectivity index (χ1v) is 10.5. The van der Waals surface area contributed by atoms with Crippen molar-refractivity contribution < 1.29 is 9.53 Å². The van der Waals surface area contributed by atoms with E-state index in [2.05, 4.69) is 10.3 Å². The number of nitrogens with one attached hydrogen (secondary N) is 1. The molecular weight excluding hydrogens is 382 g/mol. The Bertz CT molecular complexity index is 1170. The van der Waals surface area contributed by atoms with Gasteiger partial charge in [0.2, 0.25) is 0 Å². The van der Waals surface area contributed by atoms with Crippen LogP contribution in [0, 0.1) is 6.92 Å². The number of carbonyl (C=O) groups is 1. The molecule has 0 unspecified atom stereocenters. The van der Waals surface area contributed by atoms with E-state index < -0.39 is 0 Å². The van der Waals surface area contributed by atoms with Crippen molar-refractivity contribution in [2.24, 2.45) is 0 Å². The molecule has 0 aliphatic heterocycles. The van der Waals surface area contributed by atoms with Crippen LogP contribution in [0.2, 0.25) is 0 Å². The van der Waals surface area contributed by atoms with Gasteiger partial charge in [-0.15, -0.1) is 11.8 Å². The number of benzene rings is 2. The summed E-state index contributed by atoms with van der Waals surface area (Å²) in [5, 5.41) is 2.93. The van der Waals surface area contributed by atoms with E-state index in [-0.39, 0.29) is 5.91 Å². The van der Waals surface area contributed by atoms with E-state index in [9.17, 15) is 4.79 Å². The predicted molar refractivity (Wildman–Crippen MR) is 117 cm³/mol. The Kier molecular flexibility index (Phi) is 5.53. The van der Waals surface area contributed by atoms with Crippen molar-refractivity contribution >= 4 is 29.0 Å². The lowest BCUT2D eigenvalue weighted by molar-refractivity contribution is 0.102. The zero-order valence-electron chi connectivity index (χ0n) is 16.3. The monoisotopic (exact) mass is 403 g/mol. The standard InChI is InChI=1S/C23H21N3O2S/c1-16-9-10-22-24-19(14-26(22)13-16)15-28-20-7-3-5-17(11-20)23(27)25-18-6-4-8-21(12-18)29-2/h3-14H,15H2,1-2H3,(H,25,27). The van der Waals surface area contributed by atoms with Gasteiger partial charge in [-0.05, 0) is 61.2 Å². The molecule has 0 aliphatic carbocycles. The maximum Gasteiger partial charge on any atom is 0.255 e. The SMILES string of the molecule is CSc1cccc(NC(=O)c2cccc(OCc3cn4cc(C)ccc4n3)c2)c1. The van der Waals surface area contributed by atoms with E-state index in [1.165, 1.54) is 5.56 Å². The Morgan fingerprint density at radius 2 is 1.97 bits per heavy atom. The van der Waals surface area contributed by atoms with Gasteiger partial charge in [0, 0.05) is 28.5 Å². The molecule has 146 valence electrons. The molecule has 6 heteroatoms. The van der Waals surface area contributed by atoms with Crippen molar-refractivity contribution in [3.05, 3.63) is 89.9 Å². The summed E-state index contributed by atoms with van der Waals surface area (Å²) in [5.41, 5.74) is 4.20. The highest BCUT2D eigenvalue weighted by atomic mass is 32.2. The number of hydrogen-bond acceptors (Lipinski definition) is 4. The summed E-state index contributed by atoms with van der Waals surface area (Å²) < 4.78 is 7.86. The number of pyridine rings is 1. The fourth-order valence-electron chi connectivity index (χ4n) is 3.01. The summed E-state index contributed by atoms with van der Waals surface area (Å²) in [5.74, 6) is 0.459. The number of ether oxygens (including phenoxy) is 1. The summed E-state index contributed by atoms with van der Waals surface area (Å²) in [4.78, 5) is 18.3. The number of aryl methyl sites for hydroxylation is 1. The second-order valence-corrected chi connectivity index (χ2v) is 7.59. The Labute approximate surface area is 173 Å². The third kappa shape index (κ3) is 4.60. The Balaban J connectivity index is 1.44. The van der Waals surface area contributed by atoms with Crippen LogP contribution in [0.15, 0.2) is 78.0 Å². The number of fused-ring (bicyclic) bond motifs is 1. The molecule has 4 rings (SSSR count). The molecule has 1 N–H and O–H groups in total. The van der Waals surface area contributed by atoms with Gasteiger partial charge in [-0.1, -0.05) is 18.2 Å². The van der Waals surface area contributed by atoms with E-state index in [0.717, 1.165) is 21.9 Å². The molecule has 2 heterocycles. The topological polar surface area (TPSA) is 55.6 Å². The van der Waals surface area contributed by atoms with Crippen molar-refractivity contribution in [3.63, 3.8) is 0 Å². The van der Waals surface area contributed by atoms with Crippen LogP contribution in [0.25, 0.3) is 5.65 Å². The normalized spacial score (nSPS) is 10.8. The smallest absolute Gasteiger partial charge is 0.255 e. The molecule has 0 saturated heterocycles. The summed E-state index contributed by atoms with van der Waals surface area (Å²) in [6.07, 6.45) is 5.99. The van der Waals surface area contributed by atoms with Crippen LogP contribution in [0.4, 0.5) is 5.69 Å². The molecule has 5 nitrogen and oxygen atoms in total. The van der Waals surface area contributed by atoms with Gasteiger partial charge in [-0.3, -0.25) is 4.79 Å². The minimum absolute atomic E-state index is 0.170. The van der Waals surface area contributed by atoms with E-state index >= 15 is 0 Å². The number of amides is 1. The number of rotatable bonds is 6. The van der Waals surface area contributed by atoms with Crippen LogP contribution < -0.4 is 10.1 Å². The van der Waals surface area contributed by atoms with E-state index in [1.54, 1.807) is 23.9 Å². The van der Waals surface area contributed by atoms with Crippen molar-refractivity contribution in [3.8, 4) is 5.75 Å². The first-order valence-electron chi connectivity index (χ1n) is 9.23. The molecule has 0 spiro atoms. The minimum atomic E-state index is -0.170. The second-order valence-electron chi connectivity index (χ2n) is 6.71. The van der Waals surface area contributed by atoms with Gasteiger partial charge < -0.3 is 14.5 Å². The summed E-state index contributed by atoms with van der Waals surface area (Å²) in [6, 6.07) is 19.0. The lowest BCUT2D eigenvalue weighted by atomic mass is 10.2. The van der Waals surface area contributed by atoms with Crippen molar-refractivity contribution in [1.82, 2.24) is 9.38 Å². The zero-order chi connectivity index (χ0) is 20.2. The fourth-order valence-corrected chi connectivity index (χ4v) is 3.47. The maximum absolute atomic E-state index is 12.6. The van der Waals surface area contributed by atoms with E-state index in [4.69, 9.17) is 4.74 Å². The van der Waals surface area contributed by atoms with Gasteiger partial charge in [0.05, 0.1) is 5.69 Å². The summed E-state index contributed by atoms with van der Waals surface area (Å²) in [6.45, 7) is 2.38. The van der Waals surface area contributed by atoms with Gasteiger partial charge in [-0.25, -0.2) is 4.98 Å². The first-order chi connectivity index (χ1) is 14.1. The molecule has 0 radical (unpaired) electrons. The number of hydrogen-bond donors (Lipinski definition) is 1. The second kappa shape index (κ2) is 8.41. The van der Waals surface area contributed by atoms with Crippen molar-refractivity contribution in [2.75, 3.05) is 11.6 Å². The highest BCUT2D eigenvalue weighted by molar-refractivity contribution is 7.98. The van der Waals surface area contributed by atoms with Crippen LogP contribution in [-0.2, 0) is 6.61 Å². The van der Waals surface area contributed by atoms with Crippen LogP contribution in [-0.4, -0.2) is 21.5 Å². The van der Waals surface area contributed by atoms with Gasteiger partial charge in [0.25, 0.3) is 5.91 Å². The average molecular weight is 404 g/mol. The molecular formula is C23H21N3O2S. The van der Waals surface area contributed by atoms with Crippen molar-refractivity contribution in [2.45, 2.75) is 18.4 Å². The van der Waals surface area contributed by atoms with Gasteiger partial charge in [0.1, 0.15) is 18.0 Å². The highest BCUT2D eigenvalue weighted by Crippen LogP contribution is 2.21. The molecule has 0 atom stereocenters. The van der Waals surface area contributed by atoms with Crippen LogP contribution in [0.5, 0.6) is 5.75 Å².